The van der Waals surface area contributed by atoms with Crippen molar-refractivity contribution < 1.29 is 4.39 Å². The van der Waals surface area contributed by atoms with Crippen molar-refractivity contribution in [3.63, 3.8) is 0 Å². The number of benzene rings is 2. The second kappa shape index (κ2) is 5.85. The van der Waals surface area contributed by atoms with Gasteiger partial charge in [0.15, 0.2) is 0 Å². The molecule has 2 nitrogen and oxygen atoms in total. The van der Waals surface area contributed by atoms with Crippen molar-refractivity contribution in [1.82, 2.24) is 0 Å². The second-order valence-corrected chi connectivity index (χ2v) is 4.56. The average Bonchev–Trinajstić information content (AvgIpc) is 2.42. The van der Waals surface area contributed by atoms with E-state index >= 15 is 0 Å². The van der Waals surface area contributed by atoms with Gasteiger partial charge in [-0.05, 0) is 38.1 Å². The maximum atomic E-state index is 13.8. The van der Waals surface area contributed by atoms with Crippen molar-refractivity contribution in [3.8, 4) is 0 Å². The number of hydrogen-bond donors (Lipinski definition) is 1. The summed E-state index contributed by atoms with van der Waals surface area (Å²) in [7, 11) is 0. The Hall–Kier alpha value is -1.87. The van der Waals surface area contributed by atoms with Gasteiger partial charge in [0.25, 0.3) is 0 Å². The normalized spacial score (nSPS) is 10.5. The lowest BCUT2D eigenvalue weighted by molar-refractivity contribution is 0.610. The van der Waals surface area contributed by atoms with E-state index in [1.807, 2.05) is 18.2 Å². The summed E-state index contributed by atoms with van der Waals surface area (Å²) < 4.78 is 13.8. The molecule has 0 aliphatic carbocycles. The maximum absolute atomic E-state index is 13.8. The van der Waals surface area contributed by atoms with Crippen molar-refractivity contribution >= 4 is 11.4 Å². The molecule has 2 rings (SSSR count). The summed E-state index contributed by atoms with van der Waals surface area (Å²) in [6.45, 7) is 5.11. The smallest absolute Gasteiger partial charge is 0.129 e. The third-order valence-electron chi connectivity index (χ3n) is 3.23. The van der Waals surface area contributed by atoms with E-state index in [2.05, 4.69) is 30.9 Å². The molecule has 0 unspecified atom stereocenters. The molecular formula is C16H19FN2. The fraction of sp³-hybridized carbons (Fsp3) is 0.250. The first kappa shape index (κ1) is 13.6. The highest BCUT2D eigenvalue weighted by Gasteiger charge is 2.09. The van der Waals surface area contributed by atoms with Crippen molar-refractivity contribution in [1.29, 1.82) is 0 Å². The van der Waals surface area contributed by atoms with E-state index in [1.54, 1.807) is 12.1 Å². The second-order valence-electron chi connectivity index (χ2n) is 4.56. The monoisotopic (exact) mass is 258 g/mol. The minimum absolute atomic E-state index is 0.225. The predicted octanol–water partition coefficient (Wildman–Crippen LogP) is 3.75. The van der Waals surface area contributed by atoms with Crippen LogP contribution in [-0.4, -0.2) is 6.54 Å². The Morgan fingerprint density at radius 1 is 1.05 bits per heavy atom. The number of nitrogens with two attached hydrogens (primary N) is 1. The van der Waals surface area contributed by atoms with Crippen molar-refractivity contribution in [2.24, 2.45) is 5.73 Å². The molecule has 0 aliphatic rings. The molecule has 2 aromatic rings. The highest BCUT2D eigenvalue weighted by atomic mass is 19.1. The van der Waals surface area contributed by atoms with Gasteiger partial charge >= 0.3 is 0 Å². The first-order valence-corrected chi connectivity index (χ1v) is 6.48. The molecule has 2 aromatic carbocycles. The minimum atomic E-state index is -0.245. The van der Waals surface area contributed by atoms with Gasteiger partial charge < -0.3 is 10.6 Å². The van der Waals surface area contributed by atoms with E-state index in [-0.39, 0.29) is 12.4 Å². The van der Waals surface area contributed by atoms with E-state index in [1.165, 1.54) is 5.56 Å². The lowest BCUT2D eigenvalue weighted by Gasteiger charge is -2.24. The van der Waals surface area contributed by atoms with Crippen molar-refractivity contribution in [2.75, 3.05) is 11.4 Å². The van der Waals surface area contributed by atoms with Crippen molar-refractivity contribution in [3.05, 3.63) is 59.4 Å². The minimum Gasteiger partial charge on any atom is -0.342 e. The summed E-state index contributed by atoms with van der Waals surface area (Å²) in [5.41, 5.74) is 9.15. The Morgan fingerprint density at radius 3 is 2.21 bits per heavy atom. The molecule has 0 aliphatic heterocycles. The predicted molar refractivity (Wildman–Crippen MR) is 78.2 cm³/mol. The fourth-order valence-electron chi connectivity index (χ4n) is 2.11. The summed E-state index contributed by atoms with van der Waals surface area (Å²) in [4.78, 5) is 2.07. The van der Waals surface area contributed by atoms with Gasteiger partial charge in [-0.2, -0.15) is 0 Å². The molecule has 0 atom stereocenters. The first-order valence-electron chi connectivity index (χ1n) is 6.48. The number of halogens is 1. The zero-order chi connectivity index (χ0) is 13.8. The molecule has 19 heavy (non-hydrogen) atoms. The lowest BCUT2D eigenvalue weighted by Crippen LogP contribution is -2.16. The third kappa shape index (κ3) is 2.93. The van der Waals surface area contributed by atoms with Crippen LogP contribution in [0.5, 0.6) is 0 Å². The summed E-state index contributed by atoms with van der Waals surface area (Å²) in [5.74, 6) is -0.245. The van der Waals surface area contributed by atoms with Crippen LogP contribution in [0.15, 0.2) is 42.5 Å². The van der Waals surface area contributed by atoms with Crippen LogP contribution in [0.2, 0.25) is 0 Å². The van der Waals surface area contributed by atoms with Gasteiger partial charge in [0, 0.05) is 30.0 Å². The summed E-state index contributed by atoms with van der Waals surface area (Å²) in [6.07, 6.45) is 0. The van der Waals surface area contributed by atoms with E-state index in [0.29, 0.717) is 5.56 Å². The molecule has 0 heterocycles. The van der Waals surface area contributed by atoms with Gasteiger partial charge in [-0.3, -0.25) is 0 Å². The van der Waals surface area contributed by atoms with Crippen LogP contribution in [0.3, 0.4) is 0 Å². The van der Waals surface area contributed by atoms with E-state index in [4.69, 9.17) is 5.73 Å². The van der Waals surface area contributed by atoms with Crippen LogP contribution in [0.1, 0.15) is 18.1 Å². The maximum Gasteiger partial charge on any atom is 0.129 e. The van der Waals surface area contributed by atoms with Gasteiger partial charge in [-0.1, -0.05) is 23.8 Å². The van der Waals surface area contributed by atoms with Crippen LogP contribution < -0.4 is 10.6 Å². The van der Waals surface area contributed by atoms with Gasteiger partial charge in [-0.15, -0.1) is 0 Å². The summed E-state index contributed by atoms with van der Waals surface area (Å²) >= 11 is 0. The summed E-state index contributed by atoms with van der Waals surface area (Å²) in [5, 5.41) is 0. The van der Waals surface area contributed by atoms with Crippen LogP contribution in [0, 0.1) is 12.7 Å². The van der Waals surface area contributed by atoms with E-state index < -0.39 is 0 Å². The van der Waals surface area contributed by atoms with Gasteiger partial charge in [0.05, 0.1) is 0 Å². The molecule has 0 aromatic heterocycles. The van der Waals surface area contributed by atoms with Gasteiger partial charge in [0.1, 0.15) is 5.82 Å². The molecule has 0 saturated carbocycles. The van der Waals surface area contributed by atoms with Crippen molar-refractivity contribution in [2.45, 2.75) is 20.4 Å². The number of hydrogen-bond acceptors (Lipinski definition) is 2. The molecule has 0 fully saturated rings. The van der Waals surface area contributed by atoms with Crippen LogP contribution in [-0.2, 0) is 6.54 Å². The van der Waals surface area contributed by atoms with Crippen LogP contribution in [0.25, 0.3) is 0 Å². The van der Waals surface area contributed by atoms with Crippen LogP contribution >= 0.6 is 0 Å². The van der Waals surface area contributed by atoms with Gasteiger partial charge in [-0.25, -0.2) is 4.39 Å². The summed E-state index contributed by atoms with van der Waals surface area (Å²) in [6, 6.07) is 13.4. The largest absolute Gasteiger partial charge is 0.342 e. The molecular weight excluding hydrogens is 239 g/mol. The first-order chi connectivity index (χ1) is 9.15. The number of nitrogens with zero attached hydrogens (tertiary/aromatic N) is 1. The van der Waals surface area contributed by atoms with E-state index in [9.17, 15) is 4.39 Å². The zero-order valence-electron chi connectivity index (χ0n) is 11.4. The molecule has 0 amide bonds. The number of aryl methyl sites for hydroxylation is 1. The number of rotatable bonds is 4. The Kier molecular flexibility index (Phi) is 4.17. The molecule has 0 bridgehead atoms. The zero-order valence-corrected chi connectivity index (χ0v) is 11.4. The standard InChI is InChI=1S/C16H19FN2/c1-3-19(14-7-4-12(2)5-8-14)15-9-6-13(11-18)16(17)10-15/h4-10H,3,11,18H2,1-2H3. The quantitative estimate of drug-likeness (QED) is 0.905. The Balaban J connectivity index is 2.36. The number of anilines is 2. The molecule has 0 radical (unpaired) electrons. The van der Waals surface area contributed by atoms with E-state index in [0.717, 1.165) is 17.9 Å². The molecule has 3 heteroatoms. The molecule has 0 spiro atoms. The molecule has 2 N–H and O–H groups in total. The Bertz CT molecular complexity index is 549. The SMILES string of the molecule is CCN(c1ccc(C)cc1)c1ccc(CN)c(F)c1. The Labute approximate surface area is 113 Å². The topological polar surface area (TPSA) is 29.3 Å². The fourth-order valence-corrected chi connectivity index (χ4v) is 2.11. The lowest BCUT2D eigenvalue weighted by atomic mass is 10.1. The highest BCUT2D eigenvalue weighted by molar-refractivity contribution is 5.63. The third-order valence-corrected chi connectivity index (χ3v) is 3.23. The van der Waals surface area contributed by atoms with Crippen LogP contribution in [0.4, 0.5) is 15.8 Å². The highest BCUT2D eigenvalue weighted by Crippen LogP contribution is 2.26. The van der Waals surface area contributed by atoms with Gasteiger partial charge in [0.2, 0.25) is 0 Å². The molecule has 100 valence electrons. The molecule has 0 saturated heterocycles. The average molecular weight is 258 g/mol. The Morgan fingerprint density at radius 2 is 1.68 bits per heavy atom.